The SMILES string of the molecule is COc1ccc(NC(=O)CCNc2ccc3c(c2)OCO3)cc1. The Labute approximate surface area is 134 Å². The lowest BCUT2D eigenvalue weighted by molar-refractivity contribution is -0.115. The number of ether oxygens (including phenoxy) is 3. The van der Waals surface area contributed by atoms with Crippen LogP contribution in [0.15, 0.2) is 42.5 Å². The molecule has 1 amide bonds. The fourth-order valence-corrected chi connectivity index (χ4v) is 2.22. The van der Waals surface area contributed by atoms with Crippen molar-refractivity contribution in [1.29, 1.82) is 0 Å². The van der Waals surface area contributed by atoms with Gasteiger partial charge in [0, 0.05) is 30.4 Å². The first-order valence-corrected chi connectivity index (χ1v) is 7.32. The van der Waals surface area contributed by atoms with Crippen molar-refractivity contribution < 1.29 is 19.0 Å². The highest BCUT2D eigenvalue weighted by atomic mass is 16.7. The van der Waals surface area contributed by atoms with Crippen LogP contribution in [0, 0.1) is 0 Å². The van der Waals surface area contributed by atoms with E-state index in [4.69, 9.17) is 14.2 Å². The van der Waals surface area contributed by atoms with Gasteiger partial charge in [-0.2, -0.15) is 0 Å². The topological polar surface area (TPSA) is 68.8 Å². The van der Waals surface area contributed by atoms with Gasteiger partial charge in [0.05, 0.1) is 7.11 Å². The minimum atomic E-state index is -0.0524. The number of amides is 1. The van der Waals surface area contributed by atoms with Crippen molar-refractivity contribution in [3.63, 3.8) is 0 Å². The van der Waals surface area contributed by atoms with E-state index in [9.17, 15) is 4.79 Å². The van der Waals surface area contributed by atoms with E-state index in [-0.39, 0.29) is 12.7 Å². The largest absolute Gasteiger partial charge is 0.497 e. The van der Waals surface area contributed by atoms with Crippen molar-refractivity contribution >= 4 is 17.3 Å². The van der Waals surface area contributed by atoms with Gasteiger partial charge in [-0.25, -0.2) is 0 Å². The monoisotopic (exact) mass is 314 g/mol. The maximum absolute atomic E-state index is 11.9. The normalized spacial score (nSPS) is 11.9. The Kier molecular flexibility index (Phi) is 4.52. The zero-order chi connectivity index (χ0) is 16.1. The maximum Gasteiger partial charge on any atom is 0.231 e. The Morgan fingerprint density at radius 3 is 2.61 bits per heavy atom. The molecule has 6 nitrogen and oxygen atoms in total. The number of fused-ring (bicyclic) bond motifs is 1. The van der Waals surface area contributed by atoms with E-state index in [1.54, 1.807) is 19.2 Å². The Hall–Kier alpha value is -2.89. The first-order valence-electron chi connectivity index (χ1n) is 7.32. The molecule has 0 aliphatic carbocycles. The number of carbonyl (C=O) groups is 1. The summed E-state index contributed by atoms with van der Waals surface area (Å²) in [5.74, 6) is 2.17. The van der Waals surface area contributed by atoms with Gasteiger partial charge >= 0.3 is 0 Å². The van der Waals surface area contributed by atoms with E-state index in [0.717, 1.165) is 28.6 Å². The summed E-state index contributed by atoms with van der Waals surface area (Å²) in [5.41, 5.74) is 1.64. The van der Waals surface area contributed by atoms with Crippen LogP contribution >= 0.6 is 0 Å². The van der Waals surface area contributed by atoms with Crippen molar-refractivity contribution in [2.75, 3.05) is 31.1 Å². The highest BCUT2D eigenvalue weighted by Gasteiger charge is 2.13. The summed E-state index contributed by atoms with van der Waals surface area (Å²) in [6.45, 7) is 0.782. The summed E-state index contributed by atoms with van der Waals surface area (Å²) in [5, 5.41) is 6.03. The molecule has 0 saturated carbocycles. The number of nitrogens with one attached hydrogen (secondary N) is 2. The van der Waals surface area contributed by atoms with Crippen LogP contribution in [0.5, 0.6) is 17.2 Å². The molecule has 1 heterocycles. The van der Waals surface area contributed by atoms with Crippen LogP contribution in [0.1, 0.15) is 6.42 Å². The fourth-order valence-electron chi connectivity index (χ4n) is 2.22. The van der Waals surface area contributed by atoms with Gasteiger partial charge in [0.15, 0.2) is 11.5 Å². The lowest BCUT2D eigenvalue weighted by Crippen LogP contribution is -2.16. The van der Waals surface area contributed by atoms with Gasteiger partial charge in [0.2, 0.25) is 12.7 Å². The quantitative estimate of drug-likeness (QED) is 0.858. The van der Waals surface area contributed by atoms with Crippen LogP contribution in [0.4, 0.5) is 11.4 Å². The molecular weight excluding hydrogens is 296 g/mol. The number of methoxy groups -OCH3 is 1. The molecule has 0 aromatic heterocycles. The Morgan fingerprint density at radius 1 is 1.09 bits per heavy atom. The minimum Gasteiger partial charge on any atom is -0.497 e. The molecule has 0 spiro atoms. The van der Waals surface area contributed by atoms with Crippen LogP contribution < -0.4 is 24.8 Å². The number of benzene rings is 2. The second-order valence-electron chi connectivity index (χ2n) is 5.02. The van der Waals surface area contributed by atoms with Crippen molar-refractivity contribution in [2.45, 2.75) is 6.42 Å². The highest BCUT2D eigenvalue weighted by molar-refractivity contribution is 5.91. The Bertz CT molecular complexity index is 685. The summed E-state index contributed by atoms with van der Waals surface area (Å²) in [6, 6.07) is 12.8. The fraction of sp³-hybridized carbons (Fsp3) is 0.235. The van der Waals surface area contributed by atoms with Gasteiger partial charge in [-0.05, 0) is 36.4 Å². The van der Waals surface area contributed by atoms with Gasteiger partial charge in [0.25, 0.3) is 0 Å². The summed E-state index contributed by atoms with van der Waals surface area (Å²) in [7, 11) is 1.61. The van der Waals surface area contributed by atoms with Crippen LogP contribution in [0.25, 0.3) is 0 Å². The second-order valence-corrected chi connectivity index (χ2v) is 5.02. The summed E-state index contributed by atoms with van der Waals surface area (Å²) in [4.78, 5) is 11.9. The van der Waals surface area contributed by atoms with E-state index < -0.39 is 0 Å². The maximum atomic E-state index is 11.9. The van der Waals surface area contributed by atoms with Crippen LogP contribution in [-0.4, -0.2) is 26.4 Å². The standard InChI is InChI=1S/C17H18N2O4/c1-21-14-5-2-12(3-6-14)19-17(20)8-9-18-13-4-7-15-16(10-13)23-11-22-15/h2-7,10,18H,8-9,11H2,1H3,(H,19,20). The lowest BCUT2D eigenvalue weighted by Gasteiger charge is -2.08. The second kappa shape index (κ2) is 6.91. The molecule has 0 atom stereocenters. The molecule has 0 fully saturated rings. The van der Waals surface area contributed by atoms with Crippen molar-refractivity contribution in [3.8, 4) is 17.2 Å². The van der Waals surface area contributed by atoms with Crippen molar-refractivity contribution in [3.05, 3.63) is 42.5 Å². The molecule has 1 aliphatic rings. The molecule has 6 heteroatoms. The average Bonchev–Trinajstić information content (AvgIpc) is 3.03. The van der Waals surface area contributed by atoms with E-state index in [1.165, 1.54) is 0 Å². The molecule has 1 aliphatic heterocycles. The third kappa shape index (κ3) is 3.85. The molecule has 0 bridgehead atoms. The lowest BCUT2D eigenvalue weighted by atomic mass is 10.2. The summed E-state index contributed by atoms with van der Waals surface area (Å²) >= 11 is 0. The number of hydrogen-bond donors (Lipinski definition) is 2. The van der Waals surface area contributed by atoms with Crippen LogP contribution in [0.2, 0.25) is 0 Å². The molecule has 120 valence electrons. The Morgan fingerprint density at radius 2 is 1.83 bits per heavy atom. The molecule has 0 radical (unpaired) electrons. The van der Waals surface area contributed by atoms with Gasteiger partial charge in [-0.1, -0.05) is 0 Å². The van der Waals surface area contributed by atoms with Crippen molar-refractivity contribution in [1.82, 2.24) is 0 Å². The first kappa shape index (κ1) is 15.0. The number of carbonyl (C=O) groups excluding carboxylic acids is 1. The van der Waals surface area contributed by atoms with Gasteiger partial charge in [0.1, 0.15) is 5.75 Å². The van der Waals surface area contributed by atoms with Crippen LogP contribution in [-0.2, 0) is 4.79 Å². The van der Waals surface area contributed by atoms with Crippen molar-refractivity contribution in [2.24, 2.45) is 0 Å². The van der Waals surface area contributed by atoms with E-state index in [2.05, 4.69) is 10.6 Å². The third-order valence-electron chi connectivity index (χ3n) is 3.43. The van der Waals surface area contributed by atoms with Crippen LogP contribution in [0.3, 0.4) is 0 Å². The number of anilines is 2. The Balaban J connectivity index is 1.45. The summed E-state index contributed by atoms with van der Waals surface area (Å²) < 4.78 is 15.6. The third-order valence-corrected chi connectivity index (χ3v) is 3.43. The first-order chi connectivity index (χ1) is 11.2. The number of rotatable bonds is 6. The molecule has 23 heavy (non-hydrogen) atoms. The smallest absolute Gasteiger partial charge is 0.231 e. The van der Waals surface area contributed by atoms with E-state index >= 15 is 0 Å². The average molecular weight is 314 g/mol. The van der Waals surface area contributed by atoms with Gasteiger partial charge in [-0.3, -0.25) is 4.79 Å². The zero-order valence-corrected chi connectivity index (χ0v) is 12.8. The molecule has 3 rings (SSSR count). The molecule has 0 unspecified atom stereocenters. The van der Waals surface area contributed by atoms with Gasteiger partial charge < -0.3 is 24.8 Å². The molecule has 2 aromatic rings. The highest BCUT2D eigenvalue weighted by Crippen LogP contribution is 2.34. The predicted molar refractivity (Wildman–Crippen MR) is 87.3 cm³/mol. The predicted octanol–water partition coefficient (Wildman–Crippen LogP) is 2.86. The molecule has 2 aromatic carbocycles. The van der Waals surface area contributed by atoms with Gasteiger partial charge in [-0.15, -0.1) is 0 Å². The summed E-state index contributed by atoms with van der Waals surface area (Å²) in [6.07, 6.45) is 0.362. The molecule has 2 N–H and O–H groups in total. The molecule has 0 saturated heterocycles. The minimum absolute atomic E-state index is 0.0524. The zero-order valence-electron chi connectivity index (χ0n) is 12.8. The number of hydrogen-bond acceptors (Lipinski definition) is 5. The molecular formula is C17H18N2O4. The van der Waals surface area contributed by atoms with E-state index in [1.807, 2.05) is 30.3 Å². The van der Waals surface area contributed by atoms with E-state index in [0.29, 0.717) is 13.0 Å².